The van der Waals surface area contributed by atoms with Gasteiger partial charge in [0, 0.05) is 6.08 Å². The Labute approximate surface area is 353 Å². The van der Waals surface area contributed by atoms with Crippen molar-refractivity contribution in [3.63, 3.8) is 0 Å². The zero-order chi connectivity index (χ0) is 44.0. The monoisotopic (exact) mass is 854 g/mol. The van der Waals surface area contributed by atoms with Gasteiger partial charge in [-0.15, -0.1) is 0 Å². The molecule has 2 aliphatic heterocycles. The fourth-order valence-electron chi connectivity index (χ4n) is 5.87. The highest BCUT2D eigenvalue weighted by atomic mass is 16.7. The van der Waals surface area contributed by atoms with Gasteiger partial charge in [0.1, 0.15) is 35.2 Å². The van der Waals surface area contributed by atoms with Crippen molar-refractivity contribution in [1.82, 2.24) is 0 Å². The van der Waals surface area contributed by atoms with Gasteiger partial charge in [0.05, 0.1) is 55.8 Å². The Kier molecular flexibility index (Phi) is 15.0. The van der Waals surface area contributed by atoms with E-state index in [2.05, 4.69) is 11.3 Å². The summed E-state index contributed by atoms with van der Waals surface area (Å²) in [7, 11) is 1.17. The highest BCUT2D eigenvalue weighted by Crippen LogP contribution is 2.32. The molecule has 0 radical (unpaired) electrons. The van der Waals surface area contributed by atoms with Crippen molar-refractivity contribution >= 4 is 42.2 Å². The predicted octanol–water partition coefficient (Wildman–Crippen LogP) is 5.84. The van der Waals surface area contributed by atoms with Gasteiger partial charge in [-0.1, -0.05) is 6.58 Å². The van der Waals surface area contributed by atoms with E-state index in [9.17, 15) is 33.6 Å². The first kappa shape index (κ1) is 44.0. The maximum Gasteiger partial charge on any atom is 0.513 e. The average Bonchev–Trinajstić information content (AvgIpc) is 3.88. The van der Waals surface area contributed by atoms with E-state index in [1.54, 1.807) is 0 Å². The van der Waals surface area contributed by atoms with Crippen LogP contribution in [0.1, 0.15) is 54.3 Å². The van der Waals surface area contributed by atoms with E-state index < -0.39 is 66.6 Å². The number of hydrogen-bond acceptors (Lipinski definition) is 18. The highest BCUT2D eigenvalue weighted by Gasteiger charge is 2.51. The first-order valence-electron chi connectivity index (χ1n) is 18.9. The van der Waals surface area contributed by atoms with Crippen LogP contribution in [0, 0.1) is 0 Å². The summed E-state index contributed by atoms with van der Waals surface area (Å²) in [6.45, 7) is 3.51. The average molecular weight is 855 g/mol. The van der Waals surface area contributed by atoms with Crippen molar-refractivity contribution in [2.45, 2.75) is 37.3 Å². The largest absolute Gasteiger partial charge is 0.513 e. The zero-order valence-electron chi connectivity index (χ0n) is 32.9. The molecule has 2 saturated heterocycles. The second-order valence-electron chi connectivity index (χ2n) is 13.2. The van der Waals surface area contributed by atoms with Gasteiger partial charge in [-0.3, -0.25) is 0 Å². The molecule has 0 amide bonds. The van der Waals surface area contributed by atoms with Crippen LogP contribution in [0.25, 0.3) is 0 Å². The van der Waals surface area contributed by atoms with Crippen molar-refractivity contribution < 1.29 is 85.7 Å². The van der Waals surface area contributed by atoms with Crippen LogP contribution in [0.15, 0.2) is 110 Å². The van der Waals surface area contributed by atoms with Gasteiger partial charge in [-0.05, 0) is 110 Å². The van der Waals surface area contributed by atoms with Gasteiger partial charge < -0.3 is 52.1 Å². The van der Waals surface area contributed by atoms with Gasteiger partial charge in [0.25, 0.3) is 0 Å². The van der Waals surface area contributed by atoms with Crippen LogP contribution in [-0.4, -0.2) is 100 Å². The Hall–Kier alpha value is -7.57. The Morgan fingerprint density at radius 1 is 0.516 bits per heavy atom. The molecule has 4 atom stereocenters. The van der Waals surface area contributed by atoms with E-state index >= 15 is 0 Å². The lowest BCUT2D eigenvalue weighted by atomic mass is 10.1. The smallest absolute Gasteiger partial charge is 0.463 e. The Balaban J connectivity index is 0.906. The quantitative estimate of drug-likeness (QED) is 0.0322. The molecule has 18 nitrogen and oxygen atoms in total. The van der Waals surface area contributed by atoms with Gasteiger partial charge >= 0.3 is 42.2 Å². The Bertz CT molecular complexity index is 2250. The molecule has 2 aliphatic rings. The standard InChI is InChI=1S/C44H38O18/c1-3-36(45)53-22-4-5-23-54-44(51)60-33-20-12-27(13-21-33)40(47)58-31-16-8-29(9-17-31)42(49)62-35-25-56-37-34(24-55-38(35)37)61-41(48)28-6-14-30(15-7-28)57-39(46)26-10-18-32(19-11-26)59-43(50)52-2/h3,6-21,34-35,37-38H,1,4-5,22-25H2,2H3/t34-,35+,37+,38+/m0/s1. The maximum atomic E-state index is 13.0. The van der Waals surface area contributed by atoms with Crippen molar-refractivity contribution in [3.05, 3.63) is 132 Å². The van der Waals surface area contributed by atoms with E-state index in [1.807, 2.05) is 0 Å². The van der Waals surface area contributed by atoms with Crippen LogP contribution in [-0.2, 0) is 38.0 Å². The molecule has 0 unspecified atom stereocenters. The highest BCUT2D eigenvalue weighted by molar-refractivity contribution is 5.93. The van der Waals surface area contributed by atoms with Crippen LogP contribution in [0.2, 0.25) is 0 Å². The molecule has 18 heteroatoms. The van der Waals surface area contributed by atoms with Crippen LogP contribution in [0.4, 0.5) is 9.59 Å². The molecule has 322 valence electrons. The third-order valence-corrected chi connectivity index (χ3v) is 9.00. The fourth-order valence-corrected chi connectivity index (χ4v) is 5.87. The van der Waals surface area contributed by atoms with Crippen LogP contribution in [0.3, 0.4) is 0 Å². The molecular formula is C44H38O18. The first-order chi connectivity index (χ1) is 30.0. The van der Waals surface area contributed by atoms with E-state index in [4.69, 9.17) is 47.4 Å². The third kappa shape index (κ3) is 12.0. The SMILES string of the molecule is C=CC(=O)OCCCCOC(=O)Oc1ccc(C(=O)Oc2ccc(C(=O)O[C@@H]3CO[C@H]4[C@@H]3OC[C@@H]4OC(=O)c3ccc(OC(=O)c4ccc(OC(=O)OC)cc4)cc3)cc2)cc1. The molecule has 4 aromatic carbocycles. The third-order valence-electron chi connectivity index (χ3n) is 9.00. The molecule has 0 N–H and O–H groups in total. The minimum Gasteiger partial charge on any atom is -0.463 e. The fraction of sp³-hybridized carbons (Fsp3) is 0.250. The van der Waals surface area contributed by atoms with E-state index in [0.29, 0.717) is 12.8 Å². The number of rotatable bonds is 16. The van der Waals surface area contributed by atoms with Gasteiger partial charge in [-0.2, -0.15) is 0 Å². The van der Waals surface area contributed by atoms with Gasteiger partial charge in [-0.25, -0.2) is 33.6 Å². The lowest BCUT2D eigenvalue weighted by Crippen LogP contribution is -2.36. The molecule has 6 rings (SSSR count). The summed E-state index contributed by atoms with van der Waals surface area (Å²) in [5, 5.41) is 0. The second kappa shape index (κ2) is 21.1. The summed E-state index contributed by atoms with van der Waals surface area (Å²) in [5.41, 5.74) is 0.682. The number of unbranched alkanes of at least 4 members (excludes halogenated alkanes) is 1. The number of benzene rings is 4. The van der Waals surface area contributed by atoms with E-state index in [-0.39, 0.29) is 71.7 Å². The summed E-state index contributed by atoms with van der Waals surface area (Å²) in [6.07, 6.45) is -2.84. The second-order valence-corrected chi connectivity index (χ2v) is 13.2. The molecule has 2 fully saturated rings. The van der Waals surface area contributed by atoms with E-state index in [0.717, 1.165) is 6.08 Å². The maximum absolute atomic E-state index is 13.0. The minimum absolute atomic E-state index is 0.00412. The van der Waals surface area contributed by atoms with Crippen LogP contribution in [0.5, 0.6) is 23.0 Å². The number of carbonyl (C=O) groups is 7. The lowest BCUT2D eigenvalue weighted by molar-refractivity contribution is -0.137. The van der Waals surface area contributed by atoms with Crippen molar-refractivity contribution in [1.29, 1.82) is 0 Å². The van der Waals surface area contributed by atoms with Crippen LogP contribution >= 0.6 is 0 Å². The molecule has 4 aromatic rings. The predicted molar refractivity (Wildman–Crippen MR) is 209 cm³/mol. The summed E-state index contributed by atoms with van der Waals surface area (Å²) in [4.78, 5) is 85.5. The Morgan fingerprint density at radius 3 is 1.26 bits per heavy atom. The van der Waals surface area contributed by atoms with Crippen molar-refractivity contribution in [2.24, 2.45) is 0 Å². The first-order valence-corrected chi connectivity index (χ1v) is 18.9. The zero-order valence-corrected chi connectivity index (χ0v) is 32.9. The summed E-state index contributed by atoms with van der Waals surface area (Å²) in [6, 6.07) is 22.6. The number of esters is 5. The molecule has 0 spiro atoms. The van der Waals surface area contributed by atoms with Crippen molar-refractivity contribution in [2.75, 3.05) is 33.5 Å². The van der Waals surface area contributed by atoms with Gasteiger partial charge in [0.2, 0.25) is 0 Å². The molecule has 0 aliphatic carbocycles. The van der Waals surface area contributed by atoms with Gasteiger partial charge in [0.15, 0.2) is 12.2 Å². The van der Waals surface area contributed by atoms with Crippen LogP contribution < -0.4 is 18.9 Å². The number of carbonyl (C=O) groups excluding carboxylic acids is 7. The van der Waals surface area contributed by atoms with Crippen molar-refractivity contribution in [3.8, 4) is 23.0 Å². The lowest BCUT2D eigenvalue weighted by Gasteiger charge is -2.17. The van der Waals surface area contributed by atoms with E-state index in [1.165, 1.54) is 104 Å². The normalized spacial score (nSPS) is 17.3. The molecule has 62 heavy (non-hydrogen) atoms. The molecule has 0 aromatic heterocycles. The number of ether oxygens (including phenoxy) is 11. The number of hydrogen-bond donors (Lipinski definition) is 0. The minimum atomic E-state index is -0.940. The molecular weight excluding hydrogens is 816 g/mol. The molecule has 0 bridgehead atoms. The topological polar surface area (TPSA) is 221 Å². The molecule has 0 saturated carbocycles. The molecule has 2 heterocycles. The summed E-state index contributed by atoms with van der Waals surface area (Å²) < 4.78 is 57.9. The Morgan fingerprint density at radius 2 is 0.871 bits per heavy atom. The number of methoxy groups -OCH3 is 1. The summed E-state index contributed by atoms with van der Waals surface area (Å²) >= 11 is 0. The number of fused-ring (bicyclic) bond motifs is 1. The summed E-state index contributed by atoms with van der Waals surface area (Å²) in [5.74, 6) is -2.66.